The molecule has 1 spiro atoms. The number of pyridine rings is 1. The molecule has 2 saturated heterocycles. The third kappa shape index (κ3) is 5.54. The Morgan fingerprint density at radius 3 is 2.76 bits per heavy atom. The normalized spacial score (nSPS) is 24.5. The van der Waals surface area contributed by atoms with Crippen LogP contribution >= 0.6 is 24.0 Å². The minimum absolute atomic E-state index is 0. The maximum Gasteiger partial charge on any atom is 0.193 e. The van der Waals surface area contributed by atoms with Crippen LogP contribution in [0.3, 0.4) is 0 Å². The summed E-state index contributed by atoms with van der Waals surface area (Å²) < 4.78 is 5.62. The number of halogens is 1. The molecule has 7 heteroatoms. The molecular formula is C22H36IN5O. The fourth-order valence-electron chi connectivity index (χ4n) is 5.07. The summed E-state index contributed by atoms with van der Waals surface area (Å²) in [5, 5.41) is 3.56. The van der Waals surface area contributed by atoms with Gasteiger partial charge in [0.05, 0.1) is 12.7 Å². The van der Waals surface area contributed by atoms with Crippen molar-refractivity contribution in [1.82, 2.24) is 15.2 Å². The van der Waals surface area contributed by atoms with Crippen LogP contribution in [0.25, 0.3) is 0 Å². The molecule has 3 fully saturated rings. The van der Waals surface area contributed by atoms with Crippen LogP contribution in [0.15, 0.2) is 23.3 Å². The quantitative estimate of drug-likeness (QED) is 0.380. The average Bonchev–Trinajstić information content (AvgIpc) is 3.12. The highest BCUT2D eigenvalue weighted by molar-refractivity contribution is 14.0. The van der Waals surface area contributed by atoms with Crippen molar-refractivity contribution < 1.29 is 4.74 Å². The number of aliphatic imine (C=N–C) groups is 1. The van der Waals surface area contributed by atoms with Gasteiger partial charge in [-0.1, -0.05) is 25.3 Å². The summed E-state index contributed by atoms with van der Waals surface area (Å²) in [6, 6.07) is 4.31. The van der Waals surface area contributed by atoms with Crippen LogP contribution in [0.1, 0.15) is 51.0 Å². The van der Waals surface area contributed by atoms with Crippen molar-refractivity contribution >= 4 is 35.8 Å². The number of rotatable bonds is 3. The van der Waals surface area contributed by atoms with Crippen LogP contribution in [0.2, 0.25) is 0 Å². The van der Waals surface area contributed by atoms with E-state index in [9.17, 15) is 0 Å². The Morgan fingerprint density at radius 1 is 1.24 bits per heavy atom. The fraction of sp³-hybridized carbons (Fsp3) is 0.727. The second-order valence-corrected chi connectivity index (χ2v) is 8.79. The summed E-state index contributed by atoms with van der Waals surface area (Å²) in [6.07, 6.45) is 10.6. The molecule has 29 heavy (non-hydrogen) atoms. The number of hydrogen-bond acceptors (Lipinski definition) is 4. The smallest absolute Gasteiger partial charge is 0.193 e. The van der Waals surface area contributed by atoms with E-state index < -0.39 is 0 Å². The Balaban J connectivity index is 0.00000240. The second kappa shape index (κ2) is 10.3. The number of guanidine groups is 1. The Bertz CT molecular complexity index is 674. The molecule has 3 aliphatic rings. The van der Waals surface area contributed by atoms with Crippen molar-refractivity contribution in [2.24, 2.45) is 10.4 Å². The van der Waals surface area contributed by atoms with Gasteiger partial charge >= 0.3 is 0 Å². The number of anilines is 1. The number of aromatic nitrogens is 1. The summed E-state index contributed by atoms with van der Waals surface area (Å²) in [6.45, 7) is 7.78. The lowest BCUT2D eigenvalue weighted by atomic mass is 9.73. The van der Waals surface area contributed by atoms with E-state index in [0.717, 1.165) is 44.6 Å². The van der Waals surface area contributed by atoms with Crippen molar-refractivity contribution in [2.45, 2.75) is 58.1 Å². The maximum atomic E-state index is 5.62. The first-order valence-corrected chi connectivity index (χ1v) is 10.9. The van der Waals surface area contributed by atoms with Gasteiger partial charge in [0.15, 0.2) is 5.96 Å². The van der Waals surface area contributed by atoms with E-state index in [-0.39, 0.29) is 30.1 Å². The minimum Gasteiger partial charge on any atom is -0.375 e. The van der Waals surface area contributed by atoms with Crippen molar-refractivity contribution in [3.63, 3.8) is 0 Å². The van der Waals surface area contributed by atoms with E-state index in [4.69, 9.17) is 4.74 Å². The number of nitrogens with one attached hydrogen (secondary N) is 1. The first-order valence-electron chi connectivity index (χ1n) is 10.9. The number of likely N-dealkylation sites (tertiary alicyclic amines) is 1. The molecule has 162 valence electrons. The standard InChI is InChI=1S/C22H35N5O.HI/c1-18-16-26(12-13-28-18)20-7-6-19(14-24-20)15-25-21(23-2)27-11-10-22(17-27)8-4-3-5-9-22;/h6-7,14,18H,3-5,8-13,15-17H2,1-2H3,(H,23,25);1H. The molecule has 0 aromatic carbocycles. The third-order valence-corrected chi connectivity index (χ3v) is 6.69. The molecule has 1 aromatic rings. The van der Waals surface area contributed by atoms with Gasteiger partial charge in [0.1, 0.15) is 5.82 Å². The SMILES string of the molecule is CN=C(NCc1ccc(N2CCOC(C)C2)nc1)N1CCC2(CCCCC2)C1.I. The predicted molar refractivity (Wildman–Crippen MR) is 129 cm³/mol. The molecule has 0 bridgehead atoms. The molecular weight excluding hydrogens is 477 g/mol. The summed E-state index contributed by atoms with van der Waals surface area (Å²) in [5.74, 6) is 2.08. The van der Waals surface area contributed by atoms with Gasteiger partial charge in [0, 0.05) is 46.0 Å². The second-order valence-electron chi connectivity index (χ2n) is 8.79. The van der Waals surface area contributed by atoms with Crippen LogP contribution in [0.5, 0.6) is 0 Å². The zero-order valence-corrected chi connectivity index (χ0v) is 20.2. The van der Waals surface area contributed by atoms with E-state index in [0.29, 0.717) is 5.41 Å². The predicted octanol–water partition coefficient (Wildman–Crippen LogP) is 3.66. The van der Waals surface area contributed by atoms with Crippen LogP contribution < -0.4 is 10.2 Å². The van der Waals surface area contributed by atoms with E-state index in [2.05, 4.69) is 44.1 Å². The summed E-state index contributed by atoms with van der Waals surface area (Å²) >= 11 is 0. The molecule has 3 heterocycles. The highest BCUT2D eigenvalue weighted by Gasteiger charge is 2.39. The lowest BCUT2D eigenvalue weighted by Crippen LogP contribution is -2.41. The molecule has 1 N–H and O–H groups in total. The molecule has 0 amide bonds. The topological polar surface area (TPSA) is 53.0 Å². The van der Waals surface area contributed by atoms with Gasteiger partial charge in [0.2, 0.25) is 0 Å². The Hall–Kier alpha value is -1.09. The number of ether oxygens (including phenoxy) is 1. The summed E-state index contributed by atoms with van der Waals surface area (Å²) in [5.41, 5.74) is 1.74. The summed E-state index contributed by atoms with van der Waals surface area (Å²) in [4.78, 5) is 14.0. The zero-order valence-electron chi connectivity index (χ0n) is 17.9. The van der Waals surface area contributed by atoms with Crippen LogP contribution in [-0.4, -0.2) is 61.8 Å². The largest absolute Gasteiger partial charge is 0.375 e. The molecule has 6 nitrogen and oxygen atoms in total. The molecule has 4 rings (SSSR count). The van der Waals surface area contributed by atoms with Gasteiger partial charge in [-0.25, -0.2) is 4.98 Å². The van der Waals surface area contributed by atoms with E-state index in [1.165, 1.54) is 50.6 Å². The fourth-order valence-corrected chi connectivity index (χ4v) is 5.07. The molecule has 1 saturated carbocycles. The number of hydrogen-bond donors (Lipinski definition) is 1. The van der Waals surface area contributed by atoms with E-state index >= 15 is 0 Å². The lowest BCUT2D eigenvalue weighted by Gasteiger charge is -2.33. The number of nitrogens with zero attached hydrogens (tertiary/aromatic N) is 4. The van der Waals surface area contributed by atoms with Crippen LogP contribution in [0, 0.1) is 5.41 Å². The van der Waals surface area contributed by atoms with Crippen molar-refractivity contribution in [3.8, 4) is 0 Å². The Morgan fingerprint density at radius 2 is 2.07 bits per heavy atom. The minimum atomic E-state index is 0. The third-order valence-electron chi connectivity index (χ3n) is 6.69. The van der Waals surface area contributed by atoms with Crippen molar-refractivity contribution in [1.29, 1.82) is 0 Å². The maximum absolute atomic E-state index is 5.62. The van der Waals surface area contributed by atoms with Crippen LogP contribution in [-0.2, 0) is 11.3 Å². The Kier molecular flexibility index (Phi) is 8.01. The molecule has 1 aromatic heterocycles. The zero-order chi connectivity index (χ0) is 19.4. The molecule has 1 unspecified atom stereocenters. The summed E-state index contributed by atoms with van der Waals surface area (Å²) in [7, 11) is 1.90. The average molecular weight is 513 g/mol. The Labute approximate surface area is 192 Å². The lowest BCUT2D eigenvalue weighted by molar-refractivity contribution is 0.0529. The van der Waals surface area contributed by atoms with Gasteiger partial charge in [-0.2, -0.15) is 0 Å². The first-order chi connectivity index (χ1) is 13.7. The first kappa shape index (κ1) is 22.6. The molecule has 1 atom stereocenters. The van der Waals surface area contributed by atoms with E-state index in [1.54, 1.807) is 0 Å². The van der Waals surface area contributed by atoms with Crippen molar-refractivity contribution in [3.05, 3.63) is 23.9 Å². The van der Waals surface area contributed by atoms with Gasteiger partial charge in [-0.05, 0) is 43.2 Å². The highest BCUT2D eigenvalue weighted by Crippen LogP contribution is 2.43. The monoisotopic (exact) mass is 513 g/mol. The van der Waals surface area contributed by atoms with E-state index in [1.807, 2.05) is 13.2 Å². The van der Waals surface area contributed by atoms with Gasteiger partial charge in [-0.15, -0.1) is 24.0 Å². The molecule has 2 aliphatic heterocycles. The highest BCUT2D eigenvalue weighted by atomic mass is 127. The number of morpholine rings is 1. The molecule has 0 radical (unpaired) electrons. The van der Waals surface area contributed by atoms with Crippen LogP contribution in [0.4, 0.5) is 5.82 Å². The van der Waals surface area contributed by atoms with Gasteiger partial charge in [0.25, 0.3) is 0 Å². The van der Waals surface area contributed by atoms with Crippen molar-refractivity contribution in [2.75, 3.05) is 44.7 Å². The molecule has 1 aliphatic carbocycles. The van der Waals surface area contributed by atoms with Gasteiger partial charge < -0.3 is 19.9 Å². The van der Waals surface area contributed by atoms with Gasteiger partial charge in [-0.3, -0.25) is 4.99 Å².